The van der Waals surface area contributed by atoms with Crippen molar-refractivity contribution in [3.05, 3.63) is 58.4 Å². The number of nitrogens with one attached hydrogen (secondary N) is 2. The van der Waals surface area contributed by atoms with Crippen LogP contribution in [0.5, 0.6) is 0 Å². The Kier molecular flexibility index (Phi) is 5.34. The summed E-state index contributed by atoms with van der Waals surface area (Å²) in [5, 5.41) is 6.30. The number of hydrogen-bond donors (Lipinski definition) is 2. The number of aryl methyl sites for hydroxylation is 1. The van der Waals surface area contributed by atoms with Crippen molar-refractivity contribution in [1.82, 2.24) is 10.3 Å². The van der Waals surface area contributed by atoms with Crippen molar-refractivity contribution < 1.29 is 9.59 Å². The molecule has 130 valence electrons. The summed E-state index contributed by atoms with van der Waals surface area (Å²) < 4.78 is 0. The summed E-state index contributed by atoms with van der Waals surface area (Å²) in [5.74, 6) is -0.615. The van der Waals surface area contributed by atoms with Gasteiger partial charge in [0.25, 0.3) is 11.8 Å². The van der Waals surface area contributed by atoms with Gasteiger partial charge >= 0.3 is 0 Å². The van der Waals surface area contributed by atoms with Crippen LogP contribution >= 0.6 is 11.6 Å². The topological polar surface area (TPSA) is 71.1 Å². The molecule has 0 radical (unpaired) electrons. The van der Waals surface area contributed by atoms with Gasteiger partial charge in [-0.1, -0.05) is 36.6 Å². The van der Waals surface area contributed by atoms with Gasteiger partial charge in [0.1, 0.15) is 11.4 Å². The summed E-state index contributed by atoms with van der Waals surface area (Å²) in [5.41, 5.74) is 1.96. The molecule has 1 aromatic heterocycles. The van der Waals surface area contributed by atoms with Gasteiger partial charge in [-0.15, -0.1) is 0 Å². The first-order valence-electron chi connectivity index (χ1n) is 8.38. The molecule has 2 aromatic rings. The highest BCUT2D eigenvalue weighted by Gasteiger charge is 2.19. The lowest BCUT2D eigenvalue weighted by molar-refractivity contribution is 0.0932. The van der Waals surface area contributed by atoms with E-state index in [1.165, 1.54) is 0 Å². The van der Waals surface area contributed by atoms with Crippen molar-refractivity contribution >= 4 is 29.1 Å². The van der Waals surface area contributed by atoms with Crippen LogP contribution in [0, 0.1) is 6.92 Å². The number of hydrogen-bond acceptors (Lipinski definition) is 3. The van der Waals surface area contributed by atoms with Crippen molar-refractivity contribution in [1.29, 1.82) is 0 Å². The summed E-state index contributed by atoms with van der Waals surface area (Å²) in [7, 11) is 0. The van der Waals surface area contributed by atoms with Gasteiger partial charge in [0.15, 0.2) is 0 Å². The fourth-order valence-electron chi connectivity index (χ4n) is 2.88. The monoisotopic (exact) mass is 357 g/mol. The van der Waals surface area contributed by atoms with Crippen LogP contribution in [-0.4, -0.2) is 22.8 Å². The summed E-state index contributed by atoms with van der Waals surface area (Å²) in [6.07, 6.45) is 4.28. The molecular weight excluding hydrogens is 338 g/mol. The number of pyridine rings is 1. The number of halogens is 1. The molecule has 0 aliphatic heterocycles. The van der Waals surface area contributed by atoms with E-state index >= 15 is 0 Å². The smallest absolute Gasteiger partial charge is 0.274 e. The number of rotatable bonds is 4. The second kappa shape index (κ2) is 7.66. The summed E-state index contributed by atoms with van der Waals surface area (Å²) in [4.78, 5) is 28.9. The minimum atomic E-state index is -0.379. The third-order valence-electron chi connectivity index (χ3n) is 4.33. The Balaban J connectivity index is 1.70. The van der Waals surface area contributed by atoms with Crippen LogP contribution in [0.2, 0.25) is 5.02 Å². The molecule has 2 N–H and O–H groups in total. The molecule has 25 heavy (non-hydrogen) atoms. The zero-order valence-corrected chi connectivity index (χ0v) is 14.8. The van der Waals surface area contributed by atoms with E-state index < -0.39 is 0 Å². The first-order chi connectivity index (χ1) is 12.0. The molecule has 0 bridgehead atoms. The van der Waals surface area contributed by atoms with E-state index in [2.05, 4.69) is 15.6 Å². The Labute approximate surface area is 151 Å². The predicted octanol–water partition coefficient (Wildman–Crippen LogP) is 3.97. The van der Waals surface area contributed by atoms with Crippen LogP contribution in [0.4, 0.5) is 5.69 Å². The highest BCUT2D eigenvalue weighted by atomic mass is 35.5. The standard InChI is InChI=1S/C19H20ClN3O2/c1-12-9-10-14(11-15(12)20)22-19(25)17-8-4-7-16(23-17)18(24)21-13-5-2-3-6-13/h4,7-11,13H,2-3,5-6H2,1H3,(H,21,24)(H,22,25). The maximum absolute atomic E-state index is 12.4. The largest absolute Gasteiger partial charge is 0.348 e. The van der Waals surface area contributed by atoms with Gasteiger partial charge in [-0.05, 0) is 49.6 Å². The quantitative estimate of drug-likeness (QED) is 0.869. The number of aromatic nitrogens is 1. The Morgan fingerprint density at radius 2 is 1.76 bits per heavy atom. The third kappa shape index (κ3) is 4.37. The fourth-order valence-corrected chi connectivity index (χ4v) is 3.06. The molecule has 0 unspecified atom stereocenters. The van der Waals surface area contributed by atoms with E-state index in [0.717, 1.165) is 31.2 Å². The first-order valence-corrected chi connectivity index (χ1v) is 8.76. The number of nitrogens with zero attached hydrogens (tertiary/aromatic N) is 1. The molecule has 5 nitrogen and oxygen atoms in total. The average Bonchev–Trinajstić information content (AvgIpc) is 3.11. The molecule has 1 heterocycles. The van der Waals surface area contributed by atoms with Crippen molar-refractivity contribution in [2.45, 2.75) is 38.6 Å². The second-order valence-corrected chi connectivity index (χ2v) is 6.69. The number of anilines is 1. The molecule has 1 aliphatic carbocycles. The minimum Gasteiger partial charge on any atom is -0.348 e. The molecular formula is C19H20ClN3O2. The van der Waals surface area contributed by atoms with Crippen LogP contribution in [0.3, 0.4) is 0 Å². The molecule has 1 saturated carbocycles. The Morgan fingerprint density at radius 1 is 1.08 bits per heavy atom. The highest BCUT2D eigenvalue weighted by molar-refractivity contribution is 6.31. The van der Waals surface area contributed by atoms with E-state index in [9.17, 15) is 9.59 Å². The normalized spacial score (nSPS) is 14.3. The zero-order valence-electron chi connectivity index (χ0n) is 14.0. The third-order valence-corrected chi connectivity index (χ3v) is 4.74. The number of amides is 2. The lowest BCUT2D eigenvalue weighted by atomic mass is 10.2. The maximum Gasteiger partial charge on any atom is 0.274 e. The number of carbonyl (C=O) groups excluding carboxylic acids is 2. The van der Waals surface area contributed by atoms with Crippen molar-refractivity contribution in [2.24, 2.45) is 0 Å². The molecule has 3 rings (SSSR count). The van der Waals surface area contributed by atoms with Crippen molar-refractivity contribution in [3.63, 3.8) is 0 Å². The molecule has 2 amide bonds. The Hall–Kier alpha value is -2.40. The van der Waals surface area contributed by atoms with Gasteiger partial charge in [-0.25, -0.2) is 4.98 Å². The van der Waals surface area contributed by atoms with Gasteiger partial charge in [0, 0.05) is 16.8 Å². The molecule has 6 heteroatoms. The fraction of sp³-hybridized carbons (Fsp3) is 0.316. The lowest BCUT2D eigenvalue weighted by Gasteiger charge is -2.12. The molecule has 1 aliphatic rings. The SMILES string of the molecule is Cc1ccc(NC(=O)c2cccc(C(=O)NC3CCCC3)n2)cc1Cl. The average molecular weight is 358 g/mol. The van der Waals surface area contributed by atoms with Crippen LogP contribution in [-0.2, 0) is 0 Å². The van der Waals surface area contributed by atoms with E-state index in [1.54, 1.807) is 30.3 Å². The second-order valence-electron chi connectivity index (χ2n) is 6.28. The first kappa shape index (κ1) is 17.4. The van der Waals surface area contributed by atoms with Gasteiger partial charge in [-0.2, -0.15) is 0 Å². The molecule has 0 saturated heterocycles. The minimum absolute atomic E-state index is 0.191. The van der Waals surface area contributed by atoms with E-state index in [4.69, 9.17) is 11.6 Å². The van der Waals surface area contributed by atoms with Crippen molar-refractivity contribution in [2.75, 3.05) is 5.32 Å². The Morgan fingerprint density at radius 3 is 2.44 bits per heavy atom. The Bertz CT molecular complexity index is 801. The molecule has 0 atom stereocenters. The van der Waals surface area contributed by atoms with Crippen LogP contribution in [0.15, 0.2) is 36.4 Å². The van der Waals surface area contributed by atoms with Gasteiger partial charge in [0.2, 0.25) is 0 Å². The van der Waals surface area contributed by atoms with Crippen LogP contribution < -0.4 is 10.6 Å². The van der Waals surface area contributed by atoms with E-state index in [-0.39, 0.29) is 29.2 Å². The summed E-state index contributed by atoms with van der Waals surface area (Å²) >= 11 is 6.07. The van der Waals surface area contributed by atoms with Gasteiger partial charge in [-0.3, -0.25) is 9.59 Å². The lowest BCUT2D eigenvalue weighted by Crippen LogP contribution is -2.33. The van der Waals surface area contributed by atoms with Crippen molar-refractivity contribution in [3.8, 4) is 0 Å². The zero-order chi connectivity index (χ0) is 17.8. The molecule has 0 spiro atoms. The van der Waals surface area contributed by atoms with E-state index in [1.807, 2.05) is 13.0 Å². The predicted molar refractivity (Wildman–Crippen MR) is 98.1 cm³/mol. The summed E-state index contributed by atoms with van der Waals surface area (Å²) in [6, 6.07) is 10.4. The van der Waals surface area contributed by atoms with Crippen LogP contribution in [0.25, 0.3) is 0 Å². The summed E-state index contributed by atoms with van der Waals surface area (Å²) in [6.45, 7) is 1.89. The van der Waals surface area contributed by atoms with Crippen LogP contribution in [0.1, 0.15) is 52.2 Å². The van der Waals surface area contributed by atoms with Gasteiger partial charge in [0.05, 0.1) is 0 Å². The van der Waals surface area contributed by atoms with E-state index in [0.29, 0.717) is 10.7 Å². The molecule has 1 fully saturated rings. The molecule has 1 aromatic carbocycles. The number of carbonyl (C=O) groups is 2. The van der Waals surface area contributed by atoms with Gasteiger partial charge < -0.3 is 10.6 Å². The maximum atomic E-state index is 12.4. The number of benzene rings is 1. The highest BCUT2D eigenvalue weighted by Crippen LogP contribution is 2.20.